The third kappa shape index (κ3) is 4.34. The summed E-state index contributed by atoms with van der Waals surface area (Å²) in [6.45, 7) is -1.45. The average Bonchev–Trinajstić information content (AvgIpc) is 2.29. The molecule has 0 aliphatic rings. The standard InChI is InChI=1S/C11H11F3N2O4/c1-16(5-11(12,13)14)10(20)15-7-3-2-6(9(18)19)4-8(7)17/h2-4,17H,5H2,1H3,(H,15,20)(H,18,19). The van der Waals surface area contributed by atoms with E-state index in [2.05, 4.69) is 0 Å². The number of phenols is 1. The van der Waals surface area contributed by atoms with E-state index in [0.29, 0.717) is 4.90 Å². The van der Waals surface area contributed by atoms with Crippen LogP contribution >= 0.6 is 0 Å². The van der Waals surface area contributed by atoms with Crippen molar-refractivity contribution >= 4 is 17.7 Å². The van der Waals surface area contributed by atoms with E-state index in [4.69, 9.17) is 5.11 Å². The van der Waals surface area contributed by atoms with Gasteiger partial charge in [0.15, 0.2) is 0 Å². The smallest absolute Gasteiger partial charge is 0.406 e. The van der Waals surface area contributed by atoms with Crippen LogP contribution < -0.4 is 5.32 Å². The van der Waals surface area contributed by atoms with Crippen LogP contribution in [0.25, 0.3) is 0 Å². The van der Waals surface area contributed by atoms with Crippen molar-refractivity contribution in [2.75, 3.05) is 18.9 Å². The first-order valence-corrected chi connectivity index (χ1v) is 5.25. The van der Waals surface area contributed by atoms with Gasteiger partial charge in [-0.15, -0.1) is 0 Å². The molecule has 0 saturated heterocycles. The molecule has 0 unspecified atom stereocenters. The molecule has 0 aliphatic heterocycles. The summed E-state index contributed by atoms with van der Waals surface area (Å²) >= 11 is 0. The van der Waals surface area contributed by atoms with Crippen LogP contribution in [0.15, 0.2) is 18.2 Å². The van der Waals surface area contributed by atoms with Crippen molar-refractivity contribution in [2.24, 2.45) is 0 Å². The second kappa shape index (κ2) is 5.68. The fraction of sp³-hybridized carbons (Fsp3) is 0.273. The number of rotatable bonds is 3. The number of halogens is 3. The van der Waals surface area contributed by atoms with Crippen LogP contribution in [0.4, 0.5) is 23.7 Å². The molecule has 3 N–H and O–H groups in total. The Morgan fingerprint density at radius 3 is 2.40 bits per heavy atom. The number of alkyl halides is 3. The predicted molar refractivity (Wildman–Crippen MR) is 62.8 cm³/mol. The highest BCUT2D eigenvalue weighted by atomic mass is 19.4. The SMILES string of the molecule is CN(CC(F)(F)F)C(=O)Nc1ccc(C(=O)O)cc1O. The number of carboxylic acids is 1. The van der Waals surface area contributed by atoms with Crippen molar-refractivity contribution in [3.63, 3.8) is 0 Å². The highest BCUT2D eigenvalue weighted by Crippen LogP contribution is 2.25. The van der Waals surface area contributed by atoms with Crippen molar-refractivity contribution in [1.82, 2.24) is 4.90 Å². The summed E-state index contributed by atoms with van der Waals surface area (Å²) in [4.78, 5) is 22.4. The average molecular weight is 292 g/mol. The van der Waals surface area contributed by atoms with Crippen LogP contribution in [-0.4, -0.2) is 46.9 Å². The molecule has 20 heavy (non-hydrogen) atoms. The molecule has 0 aromatic heterocycles. The molecule has 2 amide bonds. The van der Waals surface area contributed by atoms with Crippen molar-refractivity contribution in [2.45, 2.75) is 6.18 Å². The van der Waals surface area contributed by atoms with Gasteiger partial charge < -0.3 is 20.4 Å². The van der Waals surface area contributed by atoms with Gasteiger partial charge in [0.2, 0.25) is 0 Å². The zero-order valence-corrected chi connectivity index (χ0v) is 10.2. The number of carboxylic acid groups (broad SMARTS) is 1. The summed E-state index contributed by atoms with van der Waals surface area (Å²) in [5.74, 6) is -1.84. The number of urea groups is 1. The van der Waals surface area contributed by atoms with Gasteiger partial charge in [-0.3, -0.25) is 0 Å². The first-order chi connectivity index (χ1) is 9.10. The van der Waals surface area contributed by atoms with Gasteiger partial charge in [0.1, 0.15) is 12.3 Å². The first kappa shape index (κ1) is 15.6. The monoisotopic (exact) mass is 292 g/mol. The van der Waals surface area contributed by atoms with Crippen molar-refractivity contribution in [3.05, 3.63) is 23.8 Å². The molecule has 1 aromatic carbocycles. The van der Waals surface area contributed by atoms with E-state index in [1.54, 1.807) is 0 Å². The minimum Gasteiger partial charge on any atom is -0.506 e. The van der Waals surface area contributed by atoms with Crippen molar-refractivity contribution in [3.8, 4) is 5.75 Å². The Kier molecular flexibility index (Phi) is 4.43. The molecule has 110 valence electrons. The Hall–Kier alpha value is -2.45. The summed E-state index contributed by atoms with van der Waals surface area (Å²) in [6, 6.07) is 1.97. The van der Waals surface area contributed by atoms with Crippen LogP contribution in [0.3, 0.4) is 0 Å². The third-order valence-corrected chi connectivity index (χ3v) is 2.25. The van der Waals surface area contributed by atoms with E-state index in [1.807, 2.05) is 5.32 Å². The molecule has 0 atom stereocenters. The van der Waals surface area contributed by atoms with Crippen LogP contribution in [0.1, 0.15) is 10.4 Å². The van der Waals surface area contributed by atoms with Crippen LogP contribution in [0.5, 0.6) is 5.75 Å². The van der Waals surface area contributed by atoms with E-state index >= 15 is 0 Å². The lowest BCUT2D eigenvalue weighted by Gasteiger charge is -2.19. The van der Waals surface area contributed by atoms with Gasteiger partial charge in [0.25, 0.3) is 0 Å². The number of carbonyl (C=O) groups is 2. The molecular weight excluding hydrogens is 281 g/mol. The molecule has 0 heterocycles. The molecular formula is C11H11F3N2O4. The molecule has 1 rings (SSSR count). The second-order valence-electron chi connectivity index (χ2n) is 3.94. The summed E-state index contributed by atoms with van der Waals surface area (Å²) in [6.07, 6.45) is -4.54. The van der Waals surface area contributed by atoms with E-state index in [1.165, 1.54) is 0 Å². The number of benzene rings is 1. The molecule has 1 aromatic rings. The number of aromatic hydroxyl groups is 1. The van der Waals surface area contributed by atoms with Gasteiger partial charge in [0, 0.05) is 7.05 Å². The van der Waals surface area contributed by atoms with E-state index in [-0.39, 0.29) is 11.3 Å². The molecule has 0 saturated carbocycles. The minimum absolute atomic E-state index is 0.186. The zero-order chi connectivity index (χ0) is 15.5. The highest BCUT2D eigenvalue weighted by molar-refractivity contribution is 5.93. The second-order valence-corrected chi connectivity index (χ2v) is 3.94. The molecule has 6 nitrogen and oxygen atoms in total. The number of aromatic carboxylic acids is 1. The summed E-state index contributed by atoms with van der Waals surface area (Å²) in [5.41, 5.74) is -0.404. The third-order valence-electron chi connectivity index (χ3n) is 2.25. The van der Waals surface area contributed by atoms with E-state index in [9.17, 15) is 27.9 Å². The quantitative estimate of drug-likeness (QED) is 0.744. The number of anilines is 1. The number of nitrogens with one attached hydrogen (secondary N) is 1. The van der Waals surface area contributed by atoms with Gasteiger partial charge in [-0.2, -0.15) is 13.2 Å². The Morgan fingerprint density at radius 1 is 1.35 bits per heavy atom. The summed E-state index contributed by atoms with van der Waals surface area (Å²) < 4.78 is 36.3. The molecule has 9 heteroatoms. The van der Waals surface area contributed by atoms with Gasteiger partial charge >= 0.3 is 18.2 Å². The molecule has 0 fully saturated rings. The van der Waals surface area contributed by atoms with Gasteiger partial charge in [0.05, 0.1) is 11.3 Å². The Bertz CT molecular complexity index is 531. The normalized spacial score (nSPS) is 11.0. The van der Waals surface area contributed by atoms with E-state index < -0.39 is 30.5 Å². The molecule has 0 radical (unpaired) electrons. The fourth-order valence-corrected chi connectivity index (χ4v) is 1.32. The van der Waals surface area contributed by atoms with Gasteiger partial charge in [-0.1, -0.05) is 0 Å². The number of hydrogen-bond acceptors (Lipinski definition) is 3. The van der Waals surface area contributed by atoms with E-state index in [0.717, 1.165) is 25.2 Å². The first-order valence-electron chi connectivity index (χ1n) is 5.25. The minimum atomic E-state index is -4.54. The largest absolute Gasteiger partial charge is 0.506 e. The maximum atomic E-state index is 12.1. The molecule has 0 spiro atoms. The zero-order valence-electron chi connectivity index (χ0n) is 10.2. The number of nitrogens with zero attached hydrogens (tertiary/aromatic N) is 1. The lowest BCUT2D eigenvalue weighted by molar-refractivity contribution is -0.137. The van der Waals surface area contributed by atoms with Crippen LogP contribution in [0, 0.1) is 0 Å². The predicted octanol–water partition coefficient (Wildman–Crippen LogP) is 2.12. The maximum Gasteiger partial charge on any atom is 0.406 e. The lowest BCUT2D eigenvalue weighted by atomic mass is 10.2. The fourth-order valence-electron chi connectivity index (χ4n) is 1.32. The highest BCUT2D eigenvalue weighted by Gasteiger charge is 2.31. The molecule has 0 aliphatic carbocycles. The summed E-state index contributed by atoms with van der Waals surface area (Å²) in [5, 5.41) is 20.2. The Balaban J connectivity index is 2.78. The number of amides is 2. The maximum absolute atomic E-state index is 12.1. The lowest BCUT2D eigenvalue weighted by Crippen LogP contribution is -2.38. The van der Waals surface area contributed by atoms with Gasteiger partial charge in [-0.25, -0.2) is 9.59 Å². The Morgan fingerprint density at radius 2 is 1.95 bits per heavy atom. The van der Waals surface area contributed by atoms with Crippen molar-refractivity contribution < 1.29 is 33.0 Å². The Labute approximate surface area is 111 Å². The van der Waals surface area contributed by atoms with Crippen LogP contribution in [-0.2, 0) is 0 Å². The number of phenolic OH excluding ortho intramolecular Hbond substituents is 1. The van der Waals surface area contributed by atoms with Crippen molar-refractivity contribution in [1.29, 1.82) is 0 Å². The summed E-state index contributed by atoms with van der Waals surface area (Å²) in [7, 11) is 0.936. The van der Waals surface area contributed by atoms with Crippen LogP contribution in [0.2, 0.25) is 0 Å². The number of carbonyl (C=O) groups excluding carboxylic acids is 1. The van der Waals surface area contributed by atoms with Gasteiger partial charge in [-0.05, 0) is 18.2 Å². The topological polar surface area (TPSA) is 89.9 Å². The number of hydrogen-bond donors (Lipinski definition) is 3. The molecule has 0 bridgehead atoms.